The van der Waals surface area contributed by atoms with Gasteiger partial charge in [0.25, 0.3) is 0 Å². The fourth-order valence-corrected chi connectivity index (χ4v) is 2.53. The van der Waals surface area contributed by atoms with Crippen LogP contribution >= 0.6 is 0 Å². The minimum atomic E-state index is -0.247. The van der Waals surface area contributed by atoms with Gasteiger partial charge in [-0.2, -0.15) is 0 Å². The Morgan fingerprint density at radius 1 is 1.04 bits per heavy atom. The summed E-state index contributed by atoms with van der Waals surface area (Å²) in [6, 6.07) is 10.1. The van der Waals surface area contributed by atoms with E-state index in [4.69, 9.17) is 4.74 Å². The first-order valence-electron chi connectivity index (χ1n) is 8.91. The van der Waals surface area contributed by atoms with Crippen LogP contribution in [0.1, 0.15) is 18.4 Å². The van der Waals surface area contributed by atoms with Crippen LogP contribution in [-0.2, 0) is 6.54 Å². The molecule has 1 aliphatic carbocycles. The molecule has 0 radical (unpaired) electrons. The molecule has 1 aliphatic rings. The van der Waals surface area contributed by atoms with Crippen molar-refractivity contribution in [3.8, 4) is 5.75 Å². The number of hydrogen-bond donors (Lipinski definition) is 2. The summed E-state index contributed by atoms with van der Waals surface area (Å²) in [6.07, 6.45) is 7.31. The van der Waals surface area contributed by atoms with Crippen molar-refractivity contribution in [2.45, 2.75) is 19.4 Å². The van der Waals surface area contributed by atoms with Gasteiger partial charge in [-0.3, -0.25) is 4.98 Å². The molecule has 0 spiro atoms. The molecule has 138 valence electrons. The van der Waals surface area contributed by atoms with Crippen LogP contribution in [0.25, 0.3) is 0 Å². The third-order valence-corrected chi connectivity index (χ3v) is 4.19. The van der Waals surface area contributed by atoms with Crippen LogP contribution in [0.4, 0.5) is 21.8 Å². The monoisotopic (exact) mass is 365 g/mol. The van der Waals surface area contributed by atoms with Crippen molar-refractivity contribution in [1.82, 2.24) is 15.0 Å². The molecule has 1 saturated carbocycles. The van der Waals surface area contributed by atoms with Crippen molar-refractivity contribution in [3.05, 3.63) is 66.4 Å². The zero-order valence-corrected chi connectivity index (χ0v) is 14.7. The molecule has 0 saturated heterocycles. The third-order valence-electron chi connectivity index (χ3n) is 4.19. The van der Waals surface area contributed by atoms with Crippen molar-refractivity contribution in [1.29, 1.82) is 0 Å². The Labute approximate surface area is 156 Å². The maximum atomic E-state index is 13.0. The highest BCUT2D eigenvalue weighted by molar-refractivity contribution is 5.57. The third kappa shape index (κ3) is 5.13. The van der Waals surface area contributed by atoms with Crippen molar-refractivity contribution in [3.63, 3.8) is 0 Å². The molecule has 3 aromatic rings. The smallest absolute Gasteiger partial charge is 0.150 e. The first-order chi connectivity index (χ1) is 13.2. The molecule has 1 fully saturated rings. The zero-order valence-electron chi connectivity index (χ0n) is 14.7. The van der Waals surface area contributed by atoms with Gasteiger partial charge in [0.15, 0.2) is 0 Å². The standard InChI is InChI=1S/C20H20FN5O/c21-16-5-3-14(4-6-16)11-24-18-9-17(27-13-15-1-2-15)10-19(25-18)26-20-12-22-7-8-23-20/h3-10,12,15H,1-2,11,13H2,(H2,23,24,25,26). The number of pyridine rings is 1. The Hall–Kier alpha value is -3.22. The second kappa shape index (κ2) is 7.99. The van der Waals surface area contributed by atoms with Gasteiger partial charge >= 0.3 is 0 Å². The number of benzene rings is 1. The number of anilines is 3. The maximum Gasteiger partial charge on any atom is 0.150 e. The largest absolute Gasteiger partial charge is 0.493 e. The molecule has 27 heavy (non-hydrogen) atoms. The van der Waals surface area contributed by atoms with Gasteiger partial charge < -0.3 is 15.4 Å². The number of nitrogens with zero attached hydrogens (tertiary/aromatic N) is 3. The van der Waals surface area contributed by atoms with Crippen molar-refractivity contribution >= 4 is 17.5 Å². The lowest BCUT2D eigenvalue weighted by atomic mass is 10.2. The fraction of sp³-hybridized carbons (Fsp3) is 0.250. The molecule has 4 rings (SSSR count). The zero-order chi connectivity index (χ0) is 18.5. The average molecular weight is 365 g/mol. The summed E-state index contributed by atoms with van der Waals surface area (Å²) in [5.41, 5.74) is 0.964. The van der Waals surface area contributed by atoms with Crippen molar-refractivity contribution in [2.24, 2.45) is 5.92 Å². The van der Waals surface area contributed by atoms with E-state index in [9.17, 15) is 4.39 Å². The molecule has 6 nitrogen and oxygen atoms in total. The Balaban J connectivity index is 1.49. The highest BCUT2D eigenvalue weighted by atomic mass is 19.1. The molecule has 0 atom stereocenters. The molecule has 0 aliphatic heterocycles. The van der Waals surface area contributed by atoms with Gasteiger partial charge in [0.2, 0.25) is 0 Å². The Morgan fingerprint density at radius 3 is 2.59 bits per heavy atom. The lowest BCUT2D eigenvalue weighted by molar-refractivity contribution is 0.300. The first-order valence-corrected chi connectivity index (χ1v) is 8.91. The van der Waals surface area contributed by atoms with Gasteiger partial charge in [0.1, 0.15) is 29.0 Å². The first kappa shape index (κ1) is 17.2. The normalized spacial score (nSPS) is 13.2. The van der Waals surface area contributed by atoms with Crippen LogP contribution in [0.5, 0.6) is 5.75 Å². The number of nitrogens with one attached hydrogen (secondary N) is 2. The summed E-state index contributed by atoms with van der Waals surface area (Å²) < 4.78 is 19.0. The van der Waals surface area contributed by atoms with E-state index in [1.807, 2.05) is 12.1 Å². The van der Waals surface area contributed by atoms with Crippen LogP contribution in [0.15, 0.2) is 55.0 Å². The second-order valence-electron chi connectivity index (χ2n) is 6.52. The van der Waals surface area contributed by atoms with E-state index in [2.05, 4.69) is 25.6 Å². The summed E-state index contributed by atoms with van der Waals surface area (Å²) in [4.78, 5) is 12.8. The van der Waals surface area contributed by atoms with Gasteiger partial charge in [-0.25, -0.2) is 14.4 Å². The van der Waals surface area contributed by atoms with E-state index < -0.39 is 0 Å². The minimum Gasteiger partial charge on any atom is -0.493 e. The number of ether oxygens (including phenoxy) is 1. The van der Waals surface area contributed by atoms with E-state index in [0.29, 0.717) is 36.5 Å². The highest BCUT2D eigenvalue weighted by Gasteiger charge is 2.22. The Bertz CT molecular complexity index is 885. The predicted octanol–water partition coefficient (Wildman–Crippen LogP) is 4.16. The molecule has 2 aromatic heterocycles. The van der Waals surface area contributed by atoms with Crippen molar-refractivity contribution < 1.29 is 9.13 Å². The Morgan fingerprint density at radius 2 is 1.85 bits per heavy atom. The minimum absolute atomic E-state index is 0.247. The van der Waals surface area contributed by atoms with Crippen LogP contribution in [-0.4, -0.2) is 21.6 Å². The van der Waals surface area contributed by atoms with Gasteiger partial charge in [0, 0.05) is 31.1 Å². The van der Waals surface area contributed by atoms with E-state index >= 15 is 0 Å². The fourth-order valence-electron chi connectivity index (χ4n) is 2.53. The summed E-state index contributed by atoms with van der Waals surface area (Å²) in [7, 11) is 0. The summed E-state index contributed by atoms with van der Waals surface area (Å²) >= 11 is 0. The lowest BCUT2D eigenvalue weighted by Crippen LogP contribution is -2.06. The number of aromatic nitrogens is 3. The summed E-state index contributed by atoms with van der Waals surface area (Å²) in [5, 5.41) is 6.40. The molecule has 0 unspecified atom stereocenters. The molecular formula is C20H20FN5O. The van der Waals surface area contributed by atoms with E-state index in [-0.39, 0.29) is 5.82 Å². The molecule has 2 heterocycles. The molecule has 1 aromatic carbocycles. The van der Waals surface area contributed by atoms with E-state index in [1.54, 1.807) is 30.7 Å². The van der Waals surface area contributed by atoms with E-state index in [1.165, 1.54) is 25.0 Å². The molecule has 0 amide bonds. The topological polar surface area (TPSA) is 72.0 Å². The summed E-state index contributed by atoms with van der Waals surface area (Å²) in [6.45, 7) is 1.25. The number of hydrogen-bond acceptors (Lipinski definition) is 6. The quantitative estimate of drug-likeness (QED) is 0.625. The number of rotatable bonds is 8. The molecule has 7 heteroatoms. The number of halogens is 1. The molecule has 2 N–H and O–H groups in total. The van der Waals surface area contributed by atoms with Crippen LogP contribution < -0.4 is 15.4 Å². The Kier molecular flexibility index (Phi) is 5.09. The summed E-state index contributed by atoms with van der Waals surface area (Å²) in [5.74, 6) is 3.04. The molecular weight excluding hydrogens is 345 g/mol. The van der Waals surface area contributed by atoms with Crippen molar-refractivity contribution in [2.75, 3.05) is 17.2 Å². The SMILES string of the molecule is Fc1ccc(CNc2cc(OCC3CC3)cc(Nc3cnccn3)n2)cc1. The van der Waals surface area contributed by atoms with E-state index in [0.717, 1.165) is 11.3 Å². The lowest BCUT2D eigenvalue weighted by Gasteiger charge is -2.13. The van der Waals surface area contributed by atoms with Gasteiger partial charge in [0.05, 0.1) is 12.8 Å². The van der Waals surface area contributed by atoms with Gasteiger partial charge in [-0.1, -0.05) is 12.1 Å². The van der Waals surface area contributed by atoms with Gasteiger partial charge in [-0.15, -0.1) is 0 Å². The van der Waals surface area contributed by atoms with Crippen LogP contribution in [0.3, 0.4) is 0 Å². The highest BCUT2D eigenvalue weighted by Crippen LogP contribution is 2.31. The maximum absolute atomic E-state index is 13.0. The van der Waals surface area contributed by atoms with Gasteiger partial charge in [-0.05, 0) is 36.5 Å². The molecule has 0 bridgehead atoms. The second-order valence-corrected chi connectivity index (χ2v) is 6.52. The predicted molar refractivity (Wildman–Crippen MR) is 101 cm³/mol. The average Bonchev–Trinajstić information content (AvgIpc) is 3.51. The van der Waals surface area contributed by atoms with Crippen LogP contribution in [0.2, 0.25) is 0 Å². The van der Waals surface area contributed by atoms with Crippen LogP contribution in [0, 0.1) is 11.7 Å².